The van der Waals surface area contributed by atoms with Crippen molar-refractivity contribution in [2.75, 3.05) is 13.1 Å². The normalized spacial score (nSPS) is 15.0. The van der Waals surface area contributed by atoms with Crippen molar-refractivity contribution in [3.63, 3.8) is 0 Å². The van der Waals surface area contributed by atoms with Gasteiger partial charge in [0.15, 0.2) is 0 Å². The molecule has 0 radical (unpaired) electrons. The smallest absolute Gasteiger partial charge is 0.290 e. The summed E-state index contributed by atoms with van der Waals surface area (Å²) in [4.78, 5) is 24.2. The molecule has 1 aromatic rings. The van der Waals surface area contributed by atoms with Crippen LogP contribution in [-0.4, -0.2) is 29.8 Å². The summed E-state index contributed by atoms with van der Waals surface area (Å²) in [5.74, 6) is -0.838. The Morgan fingerprint density at radius 1 is 1.43 bits per heavy atom. The van der Waals surface area contributed by atoms with Gasteiger partial charge in [-0.25, -0.2) is 0 Å². The Kier molecular flexibility index (Phi) is 1.99. The molecule has 0 atom stereocenters. The van der Waals surface area contributed by atoms with E-state index >= 15 is 0 Å². The first-order chi connectivity index (χ1) is 6.70. The minimum absolute atomic E-state index is 0.0530. The molecule has 14 heavy (non-hydrogen) atoms. The minimum atomic E-state index is -0.636. The zero-order chi connectivity index (χ0) is 10.1. The van der Waals surface area contributed by atoms with Gasteiger partial charge in [0.25, 0.3) is 11.8 Å². The van der Waals surface area contributed by atoms with Crippen LogP contribution in [0.5, 0.6) is 0 Å². The molecule has 1 aromatic heterocycles. The summed E-state index contributed by atoms with van der Waals surface area (Å²) < 4.78 is 4.95. The Bertz CT molecular complexity index is 379. The number of nitrogens with zero attached hydrogens (tertiary/aromatic N) is 1. The molecular weight excluding hydrogens is 184 g/mol. The number of hydrogen-bond acceptors (Lipinski definition) is 3. The fourth-order valence-corrected chi connectivity index (χ4v) is 1.33. The van der Waals surface area contributed by atoms with Gasteiger partial charge in [-0.2, -0.15) is 0 Å². The molecule has 0 spiro atoms. The lowest BCUT2D eigenvalue weighted by atomic mass is 10.1. The molecule has 2 amide bonds. The number of nitrogens with two attached hydrogens (primary N) is 1. The standard InChI is InChI=1S/C9H10N2O3/c10-8(12)6-2-5-14-7(6)9(13)11-3-1-4-11/h2,5H,1,3-4H2,(H2,10,12). The quantitative estimate of drug-likeness (QED) is 0.731. The Labute approximate surface area is 80.5 Å². The van der Waals surface area contributed by atoms with Gasteiger partial charge in [0, 0.05) is 13.1 Å². The fourth-order valence-electron chi connectivity index (χ4n) is 1.33. The SMILES string of the molecule is NC(=O)c1ccoc1C(=O)N1CCC1. The van der Waals surface area contributed by atoms with Gasteiger partial charge in [-0.15, -0.1) is 0 Å². The number of likely N-dealkylation sites (tertiary alicyclic amines) is 1. The van der Waals surface area contributed by atoms with E-state index in [1.54, 1.807) is 4.90 Å². The molecular formula is C9H10N2O3. The minimum Gasteiger partial charge on any atom is -0.458 e. The molecule has 74 valence electrons. The van der Waals surface area contributed by atoms with Crippen molar-refractivity contribution in [3.05, 3.63) is 23.7 Å². The van der Waals surface area contributed by atoms with Crippen molar-refractivity contribution in [2.45, 2.75) is 6.42 Å². The molecule has 0 aromatic carbocycles. The lowest BCUT2D eigenvalue weighted by Gasteiger charge is -2.30. The molecule has 0 aliphatic carbocycles. The third-order valence-corrected chi connectivity index (χ3v) is 2.27. The predicted molar refractivity (Wildman–Crippen MR) is 47.7 cm³/mol. The number of primary amides is 1. The number of furan rings is 1. The van der Waals surface area contributed by atoms with Crippen LogP contribution in [0, 0.1) is 0 Å². The summed E-state index contributed by atoms with van der Waals surface area (Å²) in [6.07, 6.45) is 2.30. The van der Waals surface area contributed by atoms with Gasteiger partial charge in [-0.3, -0.25) is 9.59 Å². The summed E-state index contributed by atoms with van der Waals surface area (Å²) in [7, 11) is 0. The summed E-state index contributed by atoms with van der Waals surface area (Å²) in [6, 6.07) is 1.41. The van der Waals surface area contributed by atoms with E-state index in [2.05, 4.69) is 0 Å². The van der Waals surface area contributed by atoms with Gasteiger partial charge in [0.05, 0.1) is 11.8 Å². The number of amides is 2. The zero-order valence-corrected chi connectivity index (χ0v) is 7.53. The van der Waals surface area contributed by atoms with E-state index in [1.165, 1.54) is 12.3 Å². The lowest BCUT2D eigenvalue weighted by molar-refractivity contribution is 0.0614. The number of carbonyl (C=O) groups excluding carboxylic acids is 2. The second-order valence-electron chi connectivity index (χ2n) is 3.17. The van der Waals surface area contributed by atoms with Crippen LogP contribution >= 0.6 is 0 Å². The highest BCUT2D eigenvalue weighted by Gasteiger charge is 2.27. The average molecular weight is 194 g/mol. The number of carbonyl (C=O) groups is 2. The van der Waals surface area contributed by atoms with E-state index in [0.717, 1.165) is 19.5 Å². The van der Waals surface area contributed by atoms with Crippen LogP contribution in [0.15, 0.2) is 16.7 Å². The number of rotatable bonds is 2. The van der Waals surface area contributed by atoms with Crippen LogP contribution in [0.4, 0.5) is 0 Å². The summed E-state index contributed by atoms with van der Waals surface area (Å²) in [5, 5.41) is 0. The molecule has 5 nitrogen and oxygen atoms in total. The van der Waals surface area contributed by atoms with E-state index in [4.69, 9.17) is 10.2 Å². The molecule has 0 bridgehead atoms. The second kappa shape index (κ2) is 3.17. The van der Waals surface area contributed by atoms with Crippen LogP contribution in [0.25, 0.3) is 0 Å². The van der Waals surface area contributed by atoms with Crippen LogP contribution in [-0.2, 0) is 0 Å². The van der Waals surface area contributed by atoms with Gasteiger partial charge in [0.1, 0.15) is 0 Å². The maximum absolute atomic E-state index is 11.6. The highest BCUT2D eigenvalue weighted by molar-refractivity contribution is 6.04. The lowest BCUT2D eigenvalue weighted by Crippen LogP contribution is -2.42. The van der Waals surface area contributed by atoms with E-state index in [0.29, 0.717) is 0 Å². The highest BCUT2D eigenvalue weighted by atomic mass is 16.3. The Hall–Kier alpha value is -1.78. The topological polar surface area (TPSA) is 76.5 Å². The van der Waals surface area contributed by atoms with Gasteiger partial charge in [-0.1, -0.05) is 0 Å². The van der Waals surface area contributed by atoms with Gasteiger partial charge >= 0.3 is 0 Å². The molecule has 1 aliphatic heterocycles. The van der Waals surface area contributed by atoms with Crippen LogP contribution < -0.4 is 5.73 Å². The van der Waals surface area contributed by atoms with E-state index < -0.39 is 5.91 Å². The first-order valence-corrected chi connectivity index (χ1v) is 4.36. The Morgan fingerprint density at radius 2 is 2.14 bits per heavy atom. The van der Waals surface area contributed by atoms with Crippen molar-refractivity contribution >= 4 is 11.8 Å². The third kappa shape index (κ3) is 1.26. The molecule has 2 N–H and O–H groups in total. The van der Waals surface area contributed by atoms with Crippen molar-refractivity contribution in [2.24, 2.45) is 5.73 Å². The predicted octanol–water partition coefficient (Wildman–Crippen LogP) is 0.224. The molecule has 5 heteroatoms. The summed E-state index contributed by atoms with van der Waals surface area (Å²) in [5.41, 5.74) is 5.24. The average Bonchev–Trinajstić information content (AvgIpc) is 2.47. The van der Waals surface area contributed by atoms with Gasteiger partial charge in [-0.05, 0) is 12.5 Å². The van der Waals surface area contributed by atoms with Crippen LogP contribution in [0.3, 0.4) is 0 Å². The summed E-state index contributed by atoms with van der Waals surface area (Å²) >= 11 is 0. The summed E-state index contributed by atoms with van der Waals surface area (Å²) in [6.45, 7) is 1.44. The second-order valence-corrected chi connectivity index (χ2v) is 3.17. The zero-order valence-electron chi connectivity index (χ0n) is 7.53. The Morgan fingerprint density at radius 3 is 2.64 bits per heavy atom. The van der Waals surface area contributed by atoms with Crippen molar-refractivity contribution in [1.82, 2.24) is 4.90 Å². The molecule has 0 saturated carbocycles. The van der Waals surface area contributed by atoms with E-state index in [-0.39, 0.29) is 17.2 Å². The van der Waals surface area contributed by atoms with Crippen molar-refractivity contribution < 1.29 is 14.0 Å². The largest absolute Gasteiger partial charge is 0.458 e. The van der Waals surface area contributed by atoms with Gasteiger partial charge < -0.3 is 15.1 Å². The fraction of sp³-hybridized carbons (Fsp3) is 0.333. The molecule has 1 aliphatic rings. The first-order valence-electron chi connectivity index (χ1n) is 4.36. The Balaban J connectivity index is 2.26. The van der Waals surface area contributed by atoms with Crippen molar-refractivity contribution in [3.8, 4) is 0 Å². The molecule has 1 saturated heterocycles. The first kappa shape index (κ1) is 8.80. The molecule has 0 unspecified atom stereocenters. The van der Waals surface area contributed by atoms with Crippen molar-refractivity contribution in [1.29, 1.82) is 0 Å². The number of hydrogen-bond donors (Lipinski definition) is 1. The van der Waals surface area contributed by atoms with E-state index in [9.17, 15) is 9.59 Å². The third-order valence-electron chi connectivity index (χ3n) is 2.27. The maximum Gasteiger partial charge on any atom is 0.290 e. The van der Waals surface area contributed by atoms with Gasteiger partial charge in [0.2, 0.25) is 5.76 Å². The van der Waals surface area contributed by atoms with Crippen LogP contribution in [0.1, 0.15) is 27.3 Å². The molecule has 2 heterocycles. The monoisotopic (exact) mass is 194 g/mol. The molecule has 1 fully saturated rings. The highest BCUT2D eigenvalue weighted by Crippen LogP contribution is 2.16. The van der Waals surface area contributed by atoms with Crippen LogP contribution in [0.2, 0.25) is 0 Å². The van der Waals surface area contributed by atoms with E-state index in [1.807, 2.05) is 0 Å². The molecule has 2 rings (SSSR count). The maximum atomic E-state index is 11.6.